The zero-order chi connectivity index (χ0) is 33.3. The monoisotopic (exact) mass is 641 g/mol. The van der Waals surface area contributed by atoms with Gasteiger partial charge in [-0.3, -0.25) is 0 Å². The lowest BCUT2D eigenvalue weighted by atomic mass is 9.86. The quantitative estimate of drug-likeness (QED) is 0.154. The van der Waals surface area contributed by atoms with Crippen LogP contribution in [0.15, 0.2) is 199 Å². The van der Waals surface area contributed by atoms with Crippen molar-refractivity contribution in [2.24, 2.45) is 0 Å². The van der Waals surface area contributed by atoms with Crippen molar-refractivity contribution < 1.29 is 4.42 Å². The predicted octanol–water partition coefficient (Wildman–Crippen LogP) is 13.3. The van der Waals surface area contributed by atoms with E-state index in [4.69, 9.17) is 4.42 Å². The van der Waals surface area contributed by atoms with Crippen LogP contribution in [-0.2, 0) is 6.42 Å². The van der Waals surface area contributed by atoms with Crippen LogP contribution in [0, 0.1) is 0 Å². The number of fused-ring (bicyclic) bond motifs is 4. The molecule has 0 fully saturated rings. The van der Waals surface area contributed by atoms with Crippen molar-refractivity contribution in [3.05, 3.63) is 211 Å². The first-order valence-corrected chi connectivity index (χ1v) is 17.3. The fourth-order valence-electron chi connectivity index (χ4n) is 7.47. The Morgan fingerprint density at radius 2 is 1.00 bits per heavy atom. The van der Waals surface area contributed by atoms with Crippen molar-refractivity contribution in [2.75, 3.05) is 4.90 Å². The Kier molecular flexibility index (Phi) is 7.68. The second-order valence-corrected chi connectivity index (χ2v) is 12.9. The van der Waals surface area contributed by atoms with Crippen molar-refractivity contribution >= 4 is 49.6 Å². The normalized spacial score (nSPS) is 11.5. The Morgan fingerprint density at radius 1 is 0.440 bits per heavy atom. The molecule has 2 heteroatoms. The average molecular weight is 642 g/mol. The summed E-state index contributed by atoms with van der Waals surface area (Å²) >= 11 is 0. The molecule has 9 aromatic rings. The van der Waals surface area contributed by atoms with Crippen molar-refractivity contribution in [1.29, 1.82) is 0 Å². The molecule has 0 N–H and O–H groups in total. The molecule has 0 bridgehead atoms. The fourth-order valence-corrected chi connectivity index (χ4v) is 7.47. The van der Waals surface area contributed by atoms with Crippen molar-refractivity contribution in [3.63, 3.8) is 0 Å². The average Bonchev–Trinajstić information content (AvgIpc) is 3.60. The minimum Gasteiger partial charge on any atom is -0.464 e. The van der Waals surface area contributed by atoms with Gasteiger partial charge in [0.1, 0.15) is 5.58 Å². The molecule has 0 saturated heterocycles. The zero-order valence-corrected chi connectivity index (χ0v) is 27.6. The summed E-state index contributed by atoms with van der Waals surface area (Å²) in [4.78, 5) is 2.41. The first-order valence-electron chi connectivity index (χ1n) is 17.3. The molecule has 0 aliphatic heterocycles. The summed E-state index contributed by atoms with van der Waals surface area (Å²) in [6.07, 6.45) is 2.78. The summed E-state index contributed by atoms with van der Waals surface area (Å²) < 4.78 is 6.24. The van der Waals surface area contributed by atoms with Gasteiger partial charge in [-0.25, -0.2) is 0 Å². The highest BCUT2D eigenvalue weighted by molar-refractivity contribution is 6.14. The van der Waals surface area contributed by atoms with E-state index in [1.165, 1.54) is 49.4 Å². The lowest BCUT2D eigenvalue weighted by Gasteiger charge is -2.28. The van der Waals surface area contributed by atoms with E-state index in [9.17, 15) is 0 Å². The topological polar surface area (TPSA) is 16.4 Å². The number of hydrogen-bond acceptors (Lipinski definition) is 2. The summed E-state index contributed by atoms with van der Waals surface area (Å²) in [6, 6.07) is 67.6. The molecule has 0 spiro atoms. The summed E-state index contributed by atoms with van der Waals surface area (Å²) in [5.41, 5.74) is 10.4. The van der Waals surface area contributed by atoms with Crippen LogP contribution in [0.4, 0.5) is 17.1 Å². The number of rotatable bonds is 8. The Hall–Kier alpha value is -6.38. The van der Waals surface area contributed by atoms with Crippen molar-refractivity contribution in [1.82, 2.24) is 0 Å². The maximum atomic E-state index is 6.24. The molecule has 9 rings (SSSR count). The van der Waals surface area contributed by atoms with E-state index in [-0.39, 0.29) is 5.92 Å². The SMILES string of the molecule is c1ccc(-c2ccc(N(c3ccc4occ(CC(c5ccccc5)c5ccccc5)c4c3)c3cc4ccccc4c4ccccc34)cc2)cc1. The summed E-state index contributed by atoms with van der Waals surface area (Å²) in [5.74, 6) is 0.202. The van der Waals surface area contributed by atoms with Crippen LogP contribution in [0.3, 0.4) is 0 Å². The van der Waals surface area contributed by atoms with Gasteiger partial charge in [0.15, 0.2) is 0 Å². The predicted molar refractivity (Wildman–Crippen MR) is 210 cm³/mol. The Bertz CT molecular complexity index is 2510. The highest BCUT2D eigenvalue weighted by Gasteiger charge is 2.21. The molecule has 2 nitrogen and oxygen atoms in total. The molecule has 8 aromatic carbocycles. The zero-order valence-electron chi connectivity index (χ0n) is 27.6. The summed E-state index contributed by atoms with van der Waals surface area (Å²) in [5, 5.41) is 6.05. The highest BCUT2D eigenvalue weighted by atomic mass is 16.3. The third kappa shape index (κ3) is 5.51. The molecule has 1 aromatic heterocycles. The largest absolute Gasteiger partial charge is 0.464 e. The Balaban J connectivity index is 1.21. The molecule has 0 saturated carbocycles. The number of anilines is 3. The lowest BCUT2D eigenvalue weighted by Crippen LogP contribution is -2.11. The van der Waals surface area contributed by atoms with Crippen LogP contribution in [-0.4, -0.2) is 0 Å². The molecular formula is C48H35NO. The van der Waals surface area contributed by atoms with E-state index >= 15 is 0 Å². The first kappa shape index (κ1) is 29.7. The van der Waals surface area contributed by atoms with Gasteiger partial charge in [-0.2, -0.15) is 0 Å². The molecule has 50 heavy (non-hydrogen) atoms. The van der Waals surface area contributed by atoms with E-state index in [0.29, 0.717) is 0 Å². The number of benzene rings is 8. The van der Waals surface area contributed by atoms with Gasteiger partial charge in [0.2, 0.25) is 0 Å². The number of nitrogens with zero attached hydrogens (tertiary/aromatic N) is 1. The van der Waals surface area contributed by atoms with Gasteiger partial charge in [-0.15, -0.1) is 0 Å². The smallest absolute Gasteiger partial charge is 0.134 e. The van der Waals surface area contributed by atoms with E-state index in [2.05, 4.69) is 193 Å². The minimum absolute atomic E-state index is 0.202. The summed E-state index contributed by atoms with van der Waals surface area (Å²) in [7, 11) is 0. The molecule has 0 atom stereocenters. The summed E-state index contributed by atoms with van der Waals surface area (Å²) in [6.45, 7) is 0. The van der Waals surface area contributed by atoms with Gasteiger partial charge >= 0.3 is 0 Å². The number of hydrogen-bond donors (Lipinski definition) is 0. The number of furan rings is 1. The molecule has 0 amide bonds. The van der Waals surface area contributed by atoms with Crippen LogP contribution < -0.4 is 4.90 Å². The molecule has 0 unspecified atom stereocenters. The van der Waals surface area contributed by atoms with Crippen molar-refractivity contribution in [3.8, 4) is 11.1 Å². The van der Waals surface area contributed by atoms with Crippen LogP contribution in [0.25, 0.3) is 43.6 Å². The molecule has 0 aliphatic carbocycles. The molecule has 1 heterocycles. The molecular weight excluding hydrogens is 607 g/mol. The molecule has 0 aliphatic rings. The highest BCUT2D eigenvalue weighted by Crippen LogP contribution is 2.44. The Labute approximate surface area is 292 Å². The van der Waals surface area contributed by atoms with Crippen LogP contribution in [0.1, 0.15) is 22.6 Å². The van der Waals surface area contributed by atoms with Crippen LogP contribution in [0.2, 0.25) is 0 Å². The minimum atomic E-state index is 0.202. The molecule has 238 valence electrons. The second kappa shape index (κ2) is 12.9. The fraction of sp³-hybridized carbons (Fsp3) is 0.0417. The second-order valence-electron chi connectivity index (χ2n) is 12.9. The third-order valence-electron chi connectivity index (χ3n) is 9.94. The van der Waals surface area contributed by atoms with E-state index in [1.807, 2.05) is 6.26 Å². The van der Waals surface area contributed by atoms with Gasteiger partial charge in [-0.1, -0.05) is 152 Å². The Morgan fingerprint density at radius 3 is 1.70 bits per heavy atom. The first-order chi connectivity index (χ1) is 24.8. The van der Waals surface area contributed by atoms with Gasteiger partial charge < -0.3 is 9.32 Å². The van der Waals surface area contributed by atoms with Gasteiger partial charge in [0.05, 0.1) is 12.0 Å². The van der Waals surface area contributed by atoms with Crippen LogP contribution >= 0.6 is 0 Å². The van der Waals surface area contributed by atoms with Crippen LogP contribution in [0.5, 0.6) is 0 Å². The van der Waals surface area contributed by atoms with Gasteiger partial charge in [0, 0.05) is 28.1 Å². The standard InChI is InChI=1S/C48H35NO/c1-4-14-34(15-5-1)35-24-26-40(27-25-35)49(47-31-38-20-10-11-21-42(38)43-22-12-13-23-44(43)47)41-28-29-48-46(32-41)39(33-50-48)30-45(36-16-6-2-7-17-36)37-18-8-3-9-19-37/h1-29,31-33,45H,30H2. The molecule has 0 radical (unpaired) electrons. The maximum absolute atomic E-state index is 6.24. The van der Waals surface area contributed by atoms with E-state index in [1.54, 1.807) is 0 Å². The van der Waals surface area contributed by atoms with Gasteiger partial charge in [-0.05, 0) is 86.8 Å². The van der Waals surface area contributed by atoms with Gasteiger partial charge in [0.25, 0.3) is 0 Å². The third-order valence-corrected chi connectivity index (χ3v) is 9.94. The lowest BCUT2D eigenvalue weighted by molar-refractivity contribution is 0.608. The van der Waals surface area contributed by atoms with E-state index < -0.39 is 0 Å². The maximum Gasteiger partial charge on any atom is 0.134 e. The van der Waals surface area contributed by atoms with E-state index in [0.717, 1.165) is 34.5 Å². The van der Waals surface area contributed by atoms with Crippen molar-refractivity contribution in [2.45, 2.75) is 12.3 Å².